The van der Waals surface area contributed by atoms with Crippen LogP contribution in [-0.4, -0.2) is 33.5 Å². The van der Waals surface area contributed by atoms with Crippen molar-refractivity contribution in [2.45, 2.75) is 24.3 Å². The Labute approximate surface area is 170 Å². The van der Waals surface area contributed by atoms with E-state index in [0.717, 1.165) is 10.5 Å². The van der Waals surface area contributed by atoms with Crippen LogP contribution in [-0.2, 0) is 15.1 Å². The minimum Gasteiger partial charge on any atom is -0.318 e. The van der Waals surface area contributed by atoms with Gasteiger partial charge < -0.3 is 5.32 Å². The van der Waals surface area contributed by atoms with Gasteiger partial charge in [0.05, 0.1) is 10.7 Å². The molecule has 29 heavy (non-hydrogen) atoms. The summed E-state index contributed by atoms with van der Waals surface area (Å²) in [6.07, 6.45) is 0. The van der Waals surface area contributed by atoms with Crippen LogP contribution in [0.4, 0.5) is 10.5 Å². The van der Waals surface area contributed by atoms with Crippen molar-refractivity contribution in [1.29, 1.82) is 0 Å². The standard InChI is InChI=1S/C19H18N4O5S/c1-12-5-3-4-6-15(12)29-11-16(24)21-22-17(25)19(2,20-18(22)26)13-7-9-14(10-8-13)23(27)28/h3-10H,11H2,1-2H3,(H,20,26)(H,21,24)/t19-/m1/s1. The Morgan fingerprint density at radius 2 is 1.86 bits per heavy atom. The molecule has 0 bridgehead atoms. The molecular formula is C19H18N4O5S. The highest BCUT2D eigenvalue weighted by Crippen LogP contribution is 2.29. The van der Waals surface area contributed by atoms with Crippen LogP contribution < -0.4 is 10.7 Å². The van der Waals surface area contributed by atoms with Gasteiger partial charge in [-0.25, -0.2) is 4.79 Å². The maximum atomic E-state index is 12.8. The molecule has 10 heteroatoms. The number of urea groups is 1. The Morgan fingerprint density at radius 3 is 2.48 bits per heavy atom. The van der Waals surface area contributed by atoms with E-state index in [1.807, 2.05) is 31.2 Å². The summed E-state index contributed by atoms with van der Waals surface area (Å²) in [6, 6.07) is 12.1. The van der Waals surface area contributed by atoms with Crippen LogP contribution in [0.1, 0.15) is 18.1 Å². The molecule has 0 spiro atoms. The van der Waals surface area contributed by atoms with Crippen LogP contribution in [0, 0.1) is 17.0 Å². The number of carbonyl (C=O) groups is 3. The fourth-order valence-corrected chi connectivity index (χ4v) is 3.69. The van der Waals surface area contributed by atoms with Gasteiger partial charge in [0, 0.05) is 17.0 Å². The quantitative estimate of drug-likeness (QED) is 0.324. The van der Waals surface area contributed by atoms with E-state index < -0.39 is 28.3 Å². The number of amides is 4. The van der Waals surface area contributed by atoms with Gasteiger partial charge in [-0.05, 0) is 43.2 Å². The fraction of sp³-hybridized carbons (Fsp3) is 0.211. The summed E-state index contributed by atoms with van der Waals surface area (Å²) in [4.78, 5) is 48.5. The largest absolute Gasteiger partial charge is 0.344 e. The summed E-state index contributed by atoms with van der Waals surface area (Å²) in [5, 5.41) is 14.0. The molecule has 1 fully saturated rings. The molecule has 9 nitrogen and oxygen atoms in total. The van der Waals surface area contributed by atoms with Gasteiger partial charge >= 0.3 is 6.03 Å². The number of nitrogens with zero attached hydrogens (tertiary/aromatic N) is 2. The number of imide groups is 1. The predicted octanol–water partition coefficient (Wildman–Crippen LogP) is 2.49. The number of nitro benzene ring substituents is 1. The van der Waals surface area contributed by atoms with Crippen LogP contribution >= 0.6 is 11.8 Å². The molecule has 1 atom stereocenters. The molecule has 1 heterocycles. The second-order valence-electron chi connectivity index (χ2n) is 6.59. The second-order valence-corrected chi connectivity index (χ2v) is 7.61. The molecule has 2 N–H and O–H groups in total. The molecule has 0 aliphatic carbocycles. The van der Waals surface area contributed by atoms with E-state index in [2.05, 4.69) is 10.7 Å². The average molecular weight is 414 g/mol. The van der Waals surface area contributed by atoms with Gasteiger partial charge in [0.15, 0.2) is 0 Å². The van der Waals surface area contributed by atoms with Crippen LogP contribution in [0.25, 0.3) is 0 Å². The van der Waals surface area contributed by atoms with E-state index in [1.54, 1.807) is 0 Å². The van der Waals surface area contributed by atoms with Gasteiger partial charge in [-0.3, -0.25) is 25.1 Å². The monoisotopic (exact) mass is 414 g/mol. The zero-order valence-electron chi connectivity index (χ0n) is 15.7. The number of hydrazine groups is 1. The molecule has 2 aromatic rings. The highest BCUT2D eigenvalue weighted by Gasteiger charge is 2.50. The number of nitrogens with one attached hydrogen (secondary N) is 2. The topological polar surface area (TPSA) is 122 Å². The first-order chi connectivity index (χ1) is 13.7. The Kier molecular flexibility index (Phi) is 5.55. The lowest BCUT2D eigenvalue weighted by molar-refractivity contribution is -0.384. The number of carbonyl (C=O) groups excluding carboxylic acids is 3. The van der Waals surface area contributed by atoms with E-state index in [4.69, 9.17) is 0 Å². The molecule has 150 valence electrons. The molecule has 0 aromatic heterocycles. The Bertz CT molecular complexity index is 994. The Hall–Kier alpha value is -3.40. The third-order valence-corrected chi connectivity index (χ3v) is 5.71. The third kappa shape index (κ3) is 4.06. The SMILES string of the molecule is Cc1ccccc1SCC(=O)NN1C(=O)N[C@](C)(c2ccc([N+](=O)[O-])cc2)C1=O. The Balaban J connectivity index is 1.69. The van der Waals surface area contributed by atoms with E-state index in [-0.39, 0.29) is 11.4 Å². The average Bonchev–Trinajstić information content (AvgIpc) is 2.91. The molecule has 2 aromatic carbocycles. The lowest BCUT2D eigenvalue weighted by Crippen LogP contribution is -2.48. The number of hydrogen-bond acceptors (Lipinski definition) is 6. The first kappa shape index (κ1) is 20.3. The summed E-state index contributed by atoms with van der Waals surface area (Å²) in [6.45, 7) is 3.40. The number of benzene rings is 2. The number of nitro groups is 1. The van der Waals surface area contributed by atoms with Crippen LogP contribution in [0.15, 0.2) is 53.4 Å². The summed E-state index contributed by atoms with van der Waals surface area (Å²) < 4.78 is 0. The van der Waals surface area contributed by atoms with Crippen LogP contribution in [0.3, 0.4) is 0 Å². The van der Waals surface area contributed by atoms with Gasteiger partial charge in [-0.2, -0.15) is 5.01 Å². The Morgan fingerprint density at radius 1 is 1.21 bits per heavy atom. The predicted molar refractivity (Wildman–Crippen MR) is 106 cm³/mol. The maximum absolute atomic E-state index is 12.8. The van der Waals surface area contributed by atoms with Gasteiger partial charge in [-0.1, -0.05) is 18.2 Å². The first-order valence-corrected chi connectivity index (χ1v) is 9.60. The highest BCUT2D eigenvalue weighted by molar-refractivity contribution is 8.00. The highest BCUT2D eigenvalue weighted by atomic mass is 32.2. The summed E-state index contributed by atoms with van der Waals surface area (Å²) in [5.74, 6) is -1.16. The zero-order valence-corrected chi connectivity index (χ0v) is 16.5. The van der Waals surface area contributed by atoms with Crippen molar-refractivity contribution in [1.82, 2.24) is 15.8 Å². The molecule has 4 amide bonds. The molecule has 3 rings (SSSR count). The molecule has 0 radical (unpaired) electrons. The lowest BCUT2D eigenvalue weighted by Gasteiger charge is -2.22. The van der Waals surface area contributed by atoms with Gasteiger partial charge in [-0.15, -0.1) is 11.8 Å². The van der Waals surface area contributed by atoms with Crippen molar-refractivity contribution in [2.75, 3.05) is 5.75 Å². The van der Waals surface area contributed by atoms with Crippen molar-refractivity contribution in [3.05, 3.63) is 69.8 Å². The van der Waals surface area contributed by atoms with Crippen molar-refractivity contribution in [3.8, 4) is 0 Å². The fourth-order valence-electron chi connectivity index (χ4n) is 2.87. The zero-order chi connectivity index (χ0) is 21.2. The smallest absolute Gasteiger partial charge is 0.318 e. The van der Waals surface area contributed by atoms with Crippen LogP contribution in [0.2, 0.25) is 0 Å². The maximum Gasteiger partial charge on any atom is 0.344 e. The minimum absolute atomic E-state index is 0.0240. The van der Waals surface area contributed by atoms with Gasteiger partial charge in [0.25, 0.3) is 11.6 Å². The van der Waals surface area contributed by atoms with Crippen molar-refractivity contribution < 1.29 is 19.3 Å². The van der Waals surface area contributed by atoms with Crippen molar-refractivity contribution in [3.63, 3.8) is 0 Å². The molecule has 0 unspecified atom stereocenters. The molecule has 1 aliphatic rings. The third-order valence-electron chi connectivity index (χ3n) is 4.54. The minimum atomic E-state index is -1.44. The molecule has 1 aliphatic heterocycles. The van der Waals surface area contributed by atoms with E-state index in [0.29, 0.717) is 10.6 Å². The second kappa shape index (κ2) is 7.92. The number of aryl methyl sites for hydroxylation is 1. The molecule has 0 saturated carbocycles. The normalized spacial score (nSPS) is 18.5. The lowest BCUT2D eigenvalue weighted by atomic mass is 9.92. The summed E-state index contributed by atoms with van der Waals surface area (Å²) >= 11 is 1.30. The van der Waals surface area contributed by atoms with Crippen molar-refractivity contribution in [2.24, 2.45) is 0 Å². The molecule has 1 saturated heterocycles. The number of hydrogen-bond donors (Lipinski definition) is 2. The van der Waals surface area contributed by atoms with Crippen LogP contribution in [0.5, 0.6) is 0 Å². The number of thioether (sulfide) groups is 1. The summed E-state index contributed by atoms with van der Waals surface area (Å²) in [5.41, 5.74) is 2.14. The van der Waals surface area contributed by atoms with Crippen molar-refractivity contribution >= 4 is 35.3 Å². The molecular weight excluding hydrogens is 396 g/mol. The van der Waals surface area contributed by atoms with E-state index in [1.165, 1.54) is 43.0 Å². The van der Waals surface area contributed by atoms with Gasteiger partial charge in [0.2, 0.25) is 5.91 Å². The van der Waals surface area contributed by atoms with E-state index in [9.17, 15) is 24.5 Å². The summed E-state index contributed by atoms with van der Waals surface area (Å²) in [7, 11) is 0. The van der Waals surface area contributed by atoms with E-state index >= 15 is 0 Å². The number of rotatable bonds is 6. The van der Waals surface area contributed by atoms with Gasteiger partial charge in [0.1, 0.15) is 5.54 Å². The number of non-ortho nitro benzene ring substituents is 1. The first-order valence-electron chi connectivity index (χ1n) is 8.62.